The van der Waals surface area contributed by atoms with Crippen molar-refractivity contribution in [2.24, 2.45) is 17.3 Å². The van der Waals surface area contributed by atoms with Crippen molar-refractivity contribution in [3.8, 4) is 0 Å². The number of carboxylic acids is 1. The normalized spacial score (nSPS) is 18.2. The van der Waals surface area contributed by atoms with Crippen LogP contribution in [0.4, 0.5) is 0 Å². The fraction of sp³-hybridized carbons (Fsp3) is 0.688. The van der Waals surface area contributed by atoms with Crippen LogP contribution in [0.1, 0.15) is 53.4 Å². The SMILES string of the molecule is C=CC(C)(C(C)CC=CC)C(C)CCCC(=O)O. The minimum atomic E-state index is -0.704. The first kappa shape index (κ1) is 16.9. The molecule has 2 nitrogen and oxygen atoms in total. The average molecular weight is 252 g/mol. The van der Waals surface area contributed by atoms with E-state index in [0.29, 0.717) is 11.8 Å². The summed E-state index contributed by atoms with van der Waals surface area (Å²) in [6.45, 7) is 12.7. The molecule has 0 aliphatic rings. The van der Waals surface area contributed by atoms with Crippen molar-refractivity contribution in [1.82, 2.24) is 0 Å². The van der Waals surface area contributed by atoms with Crippen LogP contribution in [0, 0.1) is 17.3 Å². The average Bonchev–Trinajstić information content (AvgIpc) is 2.34. The van der Waals surface area contributed by atoms with Gasteiger partial charge in [-0.2, -0.15) is 0 Å². The van der Waals surface area contributed by atoms with Gasteiger partial charge in [-0.3, -0.25) is 4.79 Å². The molecule has 3 unspecified atom stereocenters. The Morgan fingerprint density at radius 3 is 2.44 bits per heavy atom. The van der Waals surface area contributed by atoms with E-state index in [1.807, 2.05) is 13.0 Å². The van der Waals surface area contributed by atoms with E-state index >= 15 is 0 Å². The van der Waals surface area contributed by atoms with E-state index in [1.165, 1.54) is 0 Å². The van der Waals surface area contributed by atoms with E-state index in [1.54, 1.807) is 0 Å². The predicted octanol–water partition coefficient (Wildman–Crippen LogP) is 4.67. The molecular weight excluding hydrogens is 224 g/mol. The van der Waals surface area contributed by atoms with Crippen molar-refractivity contribution in [3.05, 3.63) is 24.8 Å². The summed E-state index contributed by atoms with van der Waals surface area (Å²) in [4.78, 5) is 10.5. The maximum atomic E-state index is 10.5. The molecule has 0 rings (SSSR count). The summed E-state index contributed by atoms with van der Waals surface area (Å²) in [6.07, 6.45) is 9.31. The Morgan fingerprint density at radius 1 is 1.39 bits per heavy atom. The van der Waals surface area contributed by atoms with Gasteiger partial charge in [0.25, 0.3) is 0 Å². The van der Waals surface area contributed by atoms with Gasteiger partial charge in [0.1, 0.15) is 0 Å². The van der Waals surface area contributed by atoms with Gasteiger partial charge in [0.15, 0.2) is 0 Å². The second-order valence-corrected chi connectivity index (χ2v) is 5.46. The summed E-state index contributed by atoms with van der Waals surface area (Å²) in [6, 6.07) is 0. The molecule has 0 heterocycles. The molecule has 0 aromatic carbocycles. The highest BCUT2D eigenvalue weighted by molar-refractivity contribution is 5.66. The monoisotopic (exact) mass is 252 g/mol. The second kappa shape index (κ2) is 8.12. The standard InChI is InChI=1S/C16H28O2/c1-6-8-10-13(3)16(5,7-2)14(4)11-9-12-15(17)18/h6-8,13-14H,2,9-12H2,1,3-5H3,(H,17,18). The van der Waals surface area contributed by atoms with Gasteiger partial charge in [0.2, 0.25) is 0 Å². The van der Waals surface area contributed by atoms with Crippen LogP contribution in [0.2, 0.25) is 0 Å². The molecular formula is C16H28O2. The molecule has 0 saturated heterocycles. The Bertz CT molecular complexity index is 293. The lowest BCUT2D eigenvalue weighted by Gasteiger charge is -2.38. The van der Waals surface area contributed by atoms with Gasteiger partial charge in [0.05, 0.1) is 0 Å². The third-order valence-electron chi connectivity index (χ3n) is 4.32. The molecule has 18 heavy (non-hydrogen) atoms. The van der Waals surface area contributed by atoms with Crippen LogP contribution >= 0.6 is 0 Å². The van der Waals surface area contributed by atoms with E-state index in [-0.39, 0.29) is 11.8 Å². The van der Waals surface area contributed by atoms with Crippen LogP contribution in [0.25, 0.3) is 0 Å². The summed E-state index contributed by atoms with van der Waals surface area (Å²) in [7, 11) is 0. The number of rotatable bonds is 9. The van der Waals surface area contributed by atoms with Gasteiger partial charge in [-0.05, 0) is 43.4 Å². The first-order chi connectivity index (χ1) is 8.38. The first-order valence-electron chi connectivity index (χ1n) is 6.85. The molecule has 0 fully saturated rings. The Balaban J connectivity index is 4.50. The van der Waals surface area contributed by atoms with Crippen molar-refractivity contribution < 1.29 is 9.90 Å². The van der Waals surface area contributed by atoms with Crippen LogP contribution in [0.15, 0.2) is 24.8 Å². The maximum absolute atomic E-state index is 10.5. The Kier molecular flexibility index (Phi) is 7.65. The first-order valence-corrected chi connectivity index (χ1v) is 6.85. The number of carboxylic acid groups (broad SMARTS) is 1. The molecule has 0 spiro atoms. The molecule has 0 aliphatic heterocycles. The molecule has 0 bridgehead atoms. The van der Waals surface area contributed by atoms with Crippen molar-refractivity contribution in [3.63, 3.8) is 0 Å². The van der Waals surface area contributed by atoms with Gasteiger partial charge in [-0.15, -0.1) is 6.58 Å². The van der Waals surface area contributed by atoms with Crippen LogP contribution in [-0.2, 0) is 4.79 Å². The van der Waals surface area contributed by atoms with Crippen LogP contribution < -0.4 is 0 Å². The van der Waals surface area contributed by atoms with E-state index in [4.69, 9.17) is 5.11 Å². The largest absolute Gasteiger partial charge is 0.481 e. The lowest BCUT2D eigenvalue weighted by atomic mass is 9.66. The Hall–Kier alpha value is -1.05. The predicted molar refractivity (Wildman–Crippen MR) is 77.5 cm³/mol. The fourth-order valence-electron chi connectivity index (χ4n) is 2.35. The zero-order valence-electron chi connectivity index (χ0n) is 12.3. The number of aliphatic carboxylic acids is 1. The van der Waals surface area contributed by atoms with Crippen molar-refractivity contribution >= 4 is 5.97 Å². The zero-order valence-corrected chi connectivity index (χ0v) is 12.3. The van der Waals surface area contributed by atoms with Crippen molar-refractivity contribution in [2.45, 2.75) is 53.4 Å². The van der Waals surface area contributed by atoms with E-state index in [2.05, 4.69) is 39.5 Å². The lowest BCUT2D eigenvalue weighted by molar-refractivity contribution is -0.137. The molecule has 0 aromatic rings. The molecule has 0 amide bonds. The van der Waals surface area contributed by atoms with Gasteiger partial charge >= 0.3 is 5.97 Å². The zero-order chi connectivity index (χ0) is 14.2. The lowest BCUT2D eigenvalue weighted by Crippen LogP contribution is -2.30. The minimum absolute atomic E-state index is 0.0675. The van der Waals surface area contributed by atoms with E-state index in [9.17, 15) is 4.79 Å². The van der Waals surface area contributed by atoms with Crippen molar-refractivity contribution in [1.29, 1.82) is 0 Å². The number of carbonyl (C=O) groups is 1. The highest BCUT2D eigenvalue weighted by atomic mass is 16.4. The van der Waals surface area contributed by atoms with Gasteiger partial charge < -0.3 is 5.11 Å². The molecule has 104 valence electrons. The van der Waals surface area contributed by atoms with Gasteiger partial charge in [0, 0.05) is 6.42 Å². The third-order valence-corrected chi connectivity index (χ3v) is 4.32. The number of allylic oxidation sites excluding steroid dienone is 3. The third kappa shape index (κ3) is 5.07. The van der Waals surface area contributed by atoms with Crippen LogP contribution in [-0.4, -0.2) is 11.1 Å². The number of hydrogen-bond donors (Lipinski definition) is 1. The maximum Gasteiger partial charge on any atom is 0.303 e. The van der Waals surface area contributed by atoms with Gasteiger partial charge in [-0.1, -0.05) is 39.0 Å². The topological polar surface area (TPSA) is 37.3 Å². The summed E-state index contributed by atoms with van der Waals surface area (Å²) in [5, 5.41) is 8.68. The highest BCUT2D eigenvalue weighted by Crippen LogP contribution is 2.41. The molecule has 0 aliphatic carbocycles. The Morgan fingerprint density at radius 2 is 2.00 bits per heavy atom. The smallest absolute Gasteiger partial charge is 0.303 e. The molecule has 3 atom stereocenters. The summed E-state index contributed by atoms with van der Waals surface area (Å²) in [5.74, 6) is 0.269. The quantitative estimate of drug-likeness (QED) is 0.605. The van der Waals surface area contributed by atoms with E-state index < -0.39 is 5.97 Å². The minimum Gasteiger partial charge on any atom is -0.481 e. The second-order valence-electron chi connectivity index (χ2n) is 5.46. The van der Waals surface area contributed by atoms with E-state index in [0.717, 1.165) is 19.3 Å². The number of hydrogen-bond acceptors (Lipinski definition) is 1. The molecule has 0 radical (unpaired) electrons. The Labute approximate surface area is 112 Å². The van der Waals surface area contributed by atoms with Crippen LogP contribution in [0.3, 0.4) is 0 Å². The van der Waals surface area contributed by atoms with Crippen LogP contribution in [0.5, 0.6) is 0 Å². The molecule has 1 N–H and O–H groups in total. The molecule has 0 saturated carbocycles. The van der Waals surface area contributed by atoms with Crippen molar-refractivity contribution in [2.75, 3.05) is 0 Å². The highest BCUT2D eigenvalue weighted by Gasteiger charge is 2.32. The summed E-state index contributed by atoms with van der Waals surface area (Å²) < 4.78 is 0. The molecule has 0 aromatic heterocycles. The molecule has 2 heteroatoms. The summed E-state index contributed by atoms with van der Waals surface area (Å²) in [5.41, 5.74) is 0.0675. The fourth-order valence-corrected chi connectivity index (χ4v) is 2.35. The van der Waals surface area contributed by atoms with Gasteiger partial charge in [-0.25, -0.2) is 0 Å². The summed E-state index contributed by atoms with van der Waals surface area (Å²) >= 11 is 0.